The molecule has 0 unspecified atom stereocenters. The molecule has 2 aromatic rings. The molecule has 0 aliphatic heterocycles. The van der Waals surface area contributed by atoms with Gasteiger partial charge in [0.2, 0.25) is 10.0 Å². The molecule has 29 heavy (non-hydrogen) atoms. The van der Waals surface area contributed by atoms with Gasteiger partial charge in [-0.25, -0.2) is 8.42 Å². The lowest BCUT2D eigenvalue weighted by molar-refractivity contribution is 0.102. The van der Waals surface area contributed by atoms with E-state index in [2.05, 4.69) is 5.32 Å². The molecule has 0 heterocycles. The molecule has 1 aliphatic carbocycles. The van der Waals surface area contributed by atoms with Gasteiger partial charge in [0.15, 0.2) is 0 Å². The van der Waals surface area contributed by atoms with Crippen LogP contribution in [-0.2, 0) is 10.0 Å². The lowest BCUT2D eigenvalue weighted by Gasteiger charge is -2.32. The fraction of sp³-hybridized carbons (Fsp3) is 0.409. The number of ether oxygens (including phenoxy) is 1. The number of anilines is 1. The summed E-state index contributed by atoms with van der Waals surface area (Å²) in [6.45, 7) is 2.33. The minimum atomic E-state index is -3.57. The van der Waals surface area contributed by atoms with Crippen molar-refractivity contribution in [2.45, 2.75) is 50.0 Å². The van der Waals surface area contributed by atoms with Gasteiger partial charge in [0, 0.05) is 23.8 Å². The summed E-state index contributed by atoms with van der Waals surface area (Å²) >= 11 is 0. The Bertz CT molecular complexity index is 918. The van der Waals surface area contributed by atoms with Crippen LogP contribution in [0, 0.1) is 0 Å². The normalized spacial score (nSPS) is 15.3. The van der Waals surface area contributed by atoms with Gasteiger partial charge in [0.1, 0.15) is 5.75 Å². The van der Waals surface area contributed by atoms with Crippen LogP contribution in [0.5, 0.6) is 5.75 Å². The number of rotatable bonds is 7. The third-order valence-electron chi connectivity index (χ3n) is 5.36. The molecule has 0 radical (unpaired) electrons. The van der Waals surface area contributed by atoms with Crippen molar-refractivity contribution in [2.24, 2.45) is 0 Å². The van der Waals surface area contributed by atoms with Crippen LogP contribution in [0.15, 0.2) is 53.4 Å². The maximum absolute atomic E-state index is 13.1. The number of hydrogen-bond acceptors (Lipinski definition) is 4. The van der Waals surface area contributed by atoms with E-state index in [1.165, 1.54) is 18.6 Å². The van der Waals surface area contributed by atoms with Crippen molar-refractivity contribution >= 4 is 21.6 Å². The number of methoxy groups -OCH3 is 1. The highest BCUT2D eigenvalue weighted by atomic mass is 32.2. The molecule has 6 nitrogen and oxygen atoms in total. The van der Waals surface area contributed by atoms with Crippen LogP contribution in [0.2, 0.25) is 0 Å². The van der Waals surface area contributed by atoms with E-state index in [1.54, 1.807) is 47.8 Å². The molecule has 1 fully saturated rings. The van der Waals surface area contributed by atoms with Gasteiger partial charge >= 0.3 is 0 Å². The zero-order valence-corrected chi connectivity index (χ0v) is 17.7. The van der Waals surface area contributed by atoms with Crippen molar-refractivity contribution in [2.75, 3.05) is 19.0 Å². The van der Waals surface area contributed by atoms with Gasteiger partial charge in [-0.2, -0.15) is 4.31 Å². The molecule has 0 atom stereocenters. The van der Waals surface area contributed by atoms with Gasteiger partial charge in [-0.05, 0) is 61.4 Å². The number of hydrogen-bond donors (Lipinski definition) is 1. The molecule has 2 aromatic carbocycles. The summed E-state index contributed by atoms with van der Waals surface area (Å²) in [6.07, 6.45) is 5.14. The number of nitrogens with one attached hydrogen (secondary N) is 1. The van der Waals surface area contributed by atoms with Crippen LogP contribution in [0.4, 0.5) is 5.69 Å². The van der Waals surface area contributed by atoms with Gasteiger partial charge in [-0.3, -0.25) is 4.79 Å². The molecular weight excluding hydrogens is 388 g/mol. The quantitative estimate of drug-likeness (QED) is 0.730. The van der Waals surface area contributed by atoms with E-state index in [1.807, 2.05) is 6.92 Å². The van der Waals surface area contributed by atoms with Crippen LogP contribution in [-0.4, -0.2) is 38.3 Å². The van der Waals surface area contributed by atoms with E-state index < -0.39 is 10.0 Å². The predicted octanol–water partition coefficient (Wildman–Crippen LogP) is 4.29. The smallest absolute Gasteiger partial charge is 0.255 e. The number of carbonyl (C=O) groups excluding carboxylic acids is 1. The van der Waals surface area contributed by atoms with Crippen molar-refractivity contribution in [1.29, 1.82) is 0 Å². The molecule has 0 spiro atoms. The molecule has 7 heteroatoms. The lowest BCUT2D eigenvalue weighted by atomic mass is 9.95. The zero-order chi connectivity index (χ0) is 20.9. The van der Waals surface area contributed by atoms with E-state index in [0.717, 1.165) is 25.7 Å². The summed E-state index contributed by atoms with van der Waals surface area (Å²) in [4.78, 5) is 12.7. The Kier molecular flexibility index (Phi) is 6.92. The van der Waals surface area contributed by atoms with E-state index in [4.69, 9.17) is 4.74 Å². The Balaban J connectivity index is 1.72. The maximum atomic E-state index is 13.1. The molecule has 0 bridgehead atoms. The predicted molar refractivity (Wildman–Crippen MR) is 114 cm³/mol. The van der Waals surface area contributed by atoms with Crippen molar-refractivity contribution in [3.8, 4) is 5.75 Å². The van der Waals surface area contributed by atoms with E-state index in [9.17, 15) is 13.2 Å². The Morgan fingerprint density at radius 2 is 1.66 bits per heavy atom. The second-order valence-corrected chi connectivity index (χ2v) is 9.10. The fourth-order valence-electron chi connectivity index (χ4n) is 3.78. The molecule has 0 saturated heterocycles. The van der Waals surface area contributed by atoms with Crippen molar-refractivity contribution in [1.82, 2.24) is 4.31 Å². The van der Waals surface area contributed by atoms with Crippen LogP contribution < -0.4 is 10.1 Å². The lowest BCUT2D eigenvalue weighted by Crippen LogP contribution is -2.41. The number of carbonyl (C=O) groups is 1. The van der Waals surface area contributed by atoms with Crippen molar-refractivity contribution < 1.29 is 17.9 Å². The number of benzene rings is 2. The molecule has 1 N–H and O–H groups in total. The monoisotopic (exact) mass is 416 g/mol. The molecule has 1 aliphatic rings. The molecule has 0 aromatic heterocycles. The number of nitrogens with zero attached hydrogens (tertiary/aromatic N) is 1. The summed E-state index contributed by atoms with van der Waals surface area (Å²) in [5.41, 5.74) is 1.04. The zero-order valence-electron chi connectivity index (χ0n) is 16.9. The van der Waals surface area contributed by atoms with E-state index >= 15 is 0 Å². The molecule has 156 valence electrons. The summed E-state index contributed by atoms with van der Waals surface area (Å²) < 4.78 is 32.9. The first-order chi connectivity index (χ1) is 14.0. The summed E-state index contributed by atoms with van der Waals surface area (Å²) in [7, 11) is -1.99. The Morgan fingerprint density at radius 1 is 1.03 bits per heavy atom. The highest BCUT2D eigenvalue weighted by Gasteiger charge is 2.31. The van der Waals surface area contributed by atoms with Crippen molar-refractivity contribution in [3.05, 3.63) is 54.1 Å². The Hall–Kier alpha value is -2.38. The minimum absolute atomic E-state index is 0.0665. The number of sulfonamides is 1. The first-order valence-corrected chi connectivity index (χ1v) is 11.5. The standard InChI is InChI=1S/C22H28N2O4S/c1-3-24(19-7-5-4-6-8-19)29(26,27)21-15-9-17(10-16-21)22(25)23-18-11-13-20(28-2)14-12-18/h9-16,19H,3-8H2,1-2H3,(H,23,25). The van der Waals surface area contributed by atoms with Gasteiger partial charge in [-0.1, -0.05) is 26.2 Å². The second-order valence-electron chi connectivity index (χ2n) is 7.21. The first kappa shape index (κ1) is 21.3. The van der Waals surface area contributed by atoms with Gasteiger partial charge in [-0.15, -0.1) is 0 Å². The van der Waals surface area contributed by atoms with Crippen LogP contribution in [0.3, 0.4) is 0 Å². The van der Waals surface area contributed by atoms with Crippen LogP contribution in [0.1, 0.15) is 49.4 Å². The molecular formula is C22H28N2O4S. The SMILES string of the molecule is CCN(C1CCCCC1)S(=O)(=O)c1ccc(C(=O)Nc2ccc(OC)cc2)cc1. The molecule has 1 saturated carbocycles. The highest BCUT2D eigenvalue weighted by molar-refractivity contribution is 7.89. The largest absolute Gasteiger partial charge is 0.497 e. The third kappa shape index (κ3) is 4.97. The minimum Gasteiger partial charge on any atom is -0.497 e. The van der Waals surface area contributed by atoms with Gasteiger partial charge in [0.25, 0.3) is 5.91 Å². The summed E-state index contributed by atoms with van der Waals surface area (Å²) in [5.74, 6) is 0.412. The highest BCUT2D eigenvalue weighted by Crippen LogP contribution is 2.28. The van der Waals surface area contributed by atoms with E-state index in [0.29, 0.717) is 23.5 Å². The van der Waals surface area contributed by atoms with Crippen LogP contribution >= 0.6 is 0 Å². The Labute approximate surface area is 172 Å². The van der Waals surface area contributed by atoms with Gasteiger partial charge in [0.05, 0.1) is 12.0 Å². The van der Waals surface area contributed by atoms with E-state index in [-0.39, 0.29) is 16.8 Å². The van der Waals surface area contributed by atoms with Crippen LogP contribution in [0.25, 0.3) is 0 Å². The number of amides is 1. The average Bonchev–Trinajstić information content (AvgIpc) is 2.75. The average molecular weight is 417 g/mol. The third-order valence-corrected chi connectivity index (χ3v) is 7.41. The summed E-state index contributed by atoms with van der Waals surface area (Å²) in [5, 5.41) is 2.80. The molecule has 1 amide bonds. The fourth-order valence-corrected chi connectivity index (χ4v) is 5.48. The maximum Gasteiger partial charge on any atom is 0.255 e. The van der Waals surface area contributed by atoms with Gasteiger partial charge < -0.3 is 10.1 Å². The second kappa shape index (κ2) is 9.41. The molecule has 3 rings (SSSR count). The first-order valence-electron chi connectivity index (χ1n) is 10.0. The summed E-state index contributed by atoms with van der Waals surface area (Å²) in [6, 6.07) is 13.2. The topological polar surface area (TPSA) is 75.7 Å². The van der Waals surface area contributed by atoms with Crippen molar-refractivity contribution in [3.63, 3.8) is 0 Å². The Morgan fingerprint density at radius 3 is 2.21 bits per heavy atom.